The summed E-state index contributed by atoms with van der Waals surface area (Å²) in [6, 6.07) is 20.6. The van der Waals surface area contributed by atoms with E-state index in [0.29, 0.717) is 11.1 Å². The number of hydrogen-bond acceptors (Lipinski definition) is 5. The molecule has 0 radical (unpaired) electrons. The molecule has 0 saturated heterocycles. The molecule has 0 aliphatic rings. The Hall–Kier alpha value is -2.79. The van der Waals surface area contributed by atoms with E-state index in [4.69, 9.17) is 8.83 Å². The van der Waals surface area contributed by atoms with E-state index in [0.717, 1.165) is 11.3 Å². The lowest BCUT2D eigenvalue weighted by atomic mass is 10.0. The second-order valence-electron chi connectivity index (χ2n) is 6.03. The molecule has 0 unspecified atom stereocenters. The lowest BCUT2D eigenvalue weighted by Gasteiger charge is -2.17. The van der Waals surface area contributed by atoms with Crippen LogP contribution in [0.5, 0.6) is 0 Å². The van der Waals surface area contributed by atoms with Crippen molar-refractivity contribution in [1.29, 1.82) is 0 Å². The first kappa shape index (κ1) is 16.7. The van der Waals surface area contributed by atoms with Crippen molar-refractivity contribution in [1.82, 2.24) is 10.2 Å². The van der Waals surface area contributed by atoms with Crippen LogP contribution in [0.25, 0.3) is 11.5 Å². The molecule has 0 spiro atoms. The van der Waals surface area contributed by atoms with Crippen LogP contribution in [0.4, 0.5) is 0 Å². The smallest absolute Gasteiger partial charge is 0.277 e. The molecule has 26 heavy (non-hydrogen) atoms. The van der Waals surface area contributed by atoms with Gasteiger partial charge in [-0.05, 0) is 36.6 Å². The molecule has 5 heteroatoms. The Morgan fingerprint density at radius 3 is 2.38 bits per heavy atom. The normalized spacial score (nSPS) is 12.2. The monoisotopic (exact) mass is 362 g/mol. The molecular formula is C21H18N2O2S. The highest BCUT2D eigenvalue weighted by molar-refractivity contribution is 7.99. The summed E-state index contributed by atoms with van der Waals surface area (Å²) in [5.74, 6) is 1.25. The Bertz CT molecular complexity index is 1010. The van der Waals surface area contributed by atoms with Gasteiger partial charge in [-0.15, -0.1) is 10.2 Å². The largest absolute Gasteiger partial charge is 0.469 e. The average Bonchev–Trinajstić information content (AvgIpc) is 3.30. The van der Waals surface area contributed by atoms with Crippen LogP contribution in [-0.2, 0) is 0 Å². The number of thioether (sulfide) groups is 1. The van der Waals surface area contributed by atoms with Gasteiger partial charge in [-0.3, -0.25) is 0 Å². The van der Waals surface area contributed by atoms with Gasteiger partial charge < -0.3 is 8.83 Å². The van der Waals surface area contributed by atoms with Gasteiger partial charge in [-0.25, -0.2) is 0 Å². The van der Waals surface area contributed by atoms with E-state index in [1.165, 1.54) is 16.7 Å². The SMILES string of the molecule is Cc1ccccc1[C@H](Sc1nnc(-c2ccoc2C)o1)c1ccccc1. The van der Waals surface area contributed by atoms with Crippen LogP contribution in [0.2, 0.25) is 0 Å². The summed E-state index contributed by atoms with van der Waals surface area (Å²) in [6.45, 7) is 4.01. The standard InChI is InChI=1S/C21H18N2O2S/c1-14-8-6-7-11-17(14)19(16-9-4-3-5-10-16)26-21-23-22-20(25-21)18-12-13-24-15(18)2/h3-13,19H,1-2H3/t19-/m1/s1. The van der Waals surface area contributed by atoms with Gasteiger partial charge in [0.1, 0.15) is 5.76 Å². The molecule has 0 bridgehead atoms. The molecular weight excluding hydrogens is 344 g/mol. The van der Waals surface area contributed by atoms with E-state index in [1.54, 1.807) is 18.0 Å². The summed E-state index contributed by atoms with van der Waals surface area (Å²) in [5.41, 5.74) is 4.50. The van der Waals surface area contributed by atoms with Crippen LogP contribution in [0.3, 0.4) is 0 Å². The summed E-state index contributed by atoms with van der Waals surface area (Å²) < 4.78 is 11.2. The number of rotatable bonds is 5. The van der Waals surface area contributed by atoms with Crippen LogP contribution in [-0.4, -0.2) is 10.2 Å². The minimum atomic E-state index is 0.0798. The van der Waals surface area contributed by atoms with Gasteiger partial charge in [-0.2, -0.15) is 0 Å². The zero-order valence-corrected chi connectivity index (χ0v) is 15.4. The topological polar surface area (TPSA) is 52.1 Å². The second-order valence-corrected chi connectivity index (χ2v) is 7.09. The first-order chi connectivity index (χ1) is 12.7. The lowest BCUT2D eigenvalue weighted by molar-refractivity contribution is 0.463. The first-order valence-electron chi connectivity index (χ1n) is 8.37. The quantitative estimate of drug-likeness (QED) is 0.418. The molecule has 0 aliphatic carbocycles. The third-order valence-corrected chi connectivity index (χ3v) is 5.42. The molecule has 0 fully saturated rings. The molecule has 1 atom stereocenters. The molecule has 0 saturated carbocycles. The van der Waals surface area contributed by atoms with E-state index in [2.05, 4.69) is 65.7 Å². The fourth-order valence-corrected chi connectivity index (χ4v) is 4.00. The van der Waals surface area contributed by atoms with E-state index in [-0.39, 0.29) is 5.25 Å². The third-order valence-electron chi connectivity index (χ3n) is 4.29. The van der Waals surface area contributed by atoms with Crippen molar-refractivity contribution in [2.24, 2.45) is 0 Å². The predicted octanol–water partition coefficient (Wildman–Crippen LogP) is 5.83. The Kier molecular flexibility index (Phi) is 4.63. The molecule has 4 nitrogen and oxygen atoms in total. The van der Waals surface area contributed by atoms with Crippen molar-refractivity contribution < 1.29 is 8.83 Å². The predicted molar refractivity (Wildman–Crippen MR) is 102 cm³/mol. The maximum atomic E-state index is 5.90. The van der Waals surface area contributed by atoms with Crippen LogP contribution >= 0.6 is 11.8 Å². The van der Waals surface area contributed by atoms with E-state index in [1.807, 2.05) is 19.1 Å². The lowest BCUT2D eigenvalue weighted by Crippen LogP contribution is -1.99. The van der Waals surface area contributed by atoms with Gasteiger partial charge in [-0.1, -0.05) is 66.4 Å². The van der Waals surface area contributed by atoms with Crippen LogP contribution in [0, 0.1) is 13.8 Å². The Morgan fingerprint density at radius 2 is 1.65 bits per heavy atom. The van der Waals surface area contributed by atoms with Crippen molar-refractivity contribution >= 4 is 11.8 Å². The van der Waals surface area contributed by atoms with Crippen molar-refractivity contribution in [2.75, 3.05) is 0 Å². The third kappa shape index (κ3) is 3.30. The van der Waals surface area contributed by atoms with Gasteiger partial charge in [0.2, 0.25) is 0 Å². The summed E-state index contributed by atoms with van der Waals surface area (Å²) >= 11 is 1.56. The molecule has 4 rings (SSSR count). The van der Waals surface area contributed by atoms with E-state index in [9.17, 15) is 0 Å². The van der Waals surface area contributed by atoms with Crippen molar-refractivity contribution in [3.63, 3.8) is 0 Å². The molecule has 2 heterocycles. The summed E-state index contributed by atoms with van der Waals surface area (Å²) in [4.78, 5) is 0. The number of benzene rings is 2. The highest BCUT2D eigenvalue weighted by Crippen LogP contribution is 2.41. The second kappa shape index (κ2) is 7.22. The number of hydrogen-bond donors (Lipinski definition) is 0. The molecule has 4 aromatic rings. The Labute approximate surface area is 156 Å². The number of aromatic nitrogens is 2. The fourth-order valence-electron chi connectivity index (χ4n) is 2.89. The van der Waals surface area contributed by atoms with Crippen LogP contribution < -0.4 is 0 Å². The van der Waals surface area contributed by atoms with Crippen LogP contribution in [0.15, 0.2) is 81.0 Å². The zero-order valence-electron chi connectivity index (χ0n) is 14.5. The molecule has 130 valence electrons. The van der Waals surface area contributed by atoms with E-state index >= 15 is 0 Å². The Balaban J connectivity index is 1.69. The van der Waals surface area contributed by atoms with Gasteiger partial charge in [0.25, 0.3) is 11.1 Å². The number of aryl methyl sites for hydroxylation is 2. The first-order valence-corrected chi connectivity index (χ1v) is 9.25. The molecule has 2 aromatic heterocycles. The van der Waals surface area contributed by atoms with Crippen molar-refractivity contribution in [3.05, 3.63) is 89.4 Å². The van der Waals surface area contributed by atoms with Gasteiger partial charge in [0, 0.05) is 0 Å². The van der Waals surface area contributed by atoms with Crippen molar-refractivity contribution in [2.45, 2.75) is 24.3 Å². The summed E-state index contributed by atoms with van der Waals surface area (Å²) in [7, 11) is 0. The maximum Gasteiger partial charge on any atom is 0.277 e. The highest BCUT2D eigenvalue weighted by atomic mass is 32.2. The molecule has 2 aromatic carbocycles. The van der Waals surface area contributed by atoms with Gasteiger partial charge in [0.05, 0.1) is 17.1 Å². The minimum Gasteiger partial charge on any atom is -0.469 e. The fraction of sp³-hybridized carbons (Fsp3) is 0.143. The highest BCUT2D eigenvalue weighted by Gasteiger charge is 2.21. The van der Waals surface area contributed by atoms with E-state index < -0.39 is 0 Å². The summed E-state index contributed by atoms with van der Waals surface area (Å²) in [6.07, 6.45) is 1.63. The molecule has 0 aliphatic heterocycles. The summed E-state index contributed by atoms with van der Waals surface area (Å²) in [5, 5.41) is 9.04. The maximum absolute atomic E-state index is 5.90. The van der Waals surface area contributed by atoms with Gasteiger partial charge >= 0.3 is 0 Å². The molecule has 0 amide bonds. The molecule has 0 N–H and O–H groups in total. The zero-order chi connectivity index (χ0) is 17.9. The Morgan fingerprint density at radius 1 is 0.885 bits per heavy atom. The number of nitrogens with zero attached hydrogens (tertiary/aromatic N) is 2. The minimum absolute atomic E-state index is 0.0798. The van der Waals surface area contributed by atoms with Gasteiger partial charge in [0.15, 0.2) is 0 Å². The van der Waals surface area contributed by atoms with Crippen LogP contribution in [0.1, 0.15) is 27.7 Å². The average molecular weight is 362 g/mol. The van der Waals surface area contributed by atoms with Crippen molar-refractivity contribution in [3.8, 4) is 11.5 Å². The number of furan rings is 1.